The van der Waals surface area contributed by atoms with Gasteiger partial charge in [-0.2, -0.15) is 0 Å². The number of urea groups is 1. The first-order chi connectivity index (χ1) is 16.0. The van der Waals surface area contributed by atoms with Crippen molar-refractivity contribution in [2.24, 2.45) is 0 Å². The quantitative estimate of drug-likeness (QED) is 0.406. The van der Waals surface area contributed by atoms with Crippen LogP contribution in [0.15, 0.2) is 72.8 Å². The molecule has 2 amide bonds. The third-order valence-electron chi connectivity index (χ3n) is 5.52. The molecular formula is C27H32N2O4. The number of hydrogen-bond acceptors (Lipinski definition) is 4. The van der Waals surface area contributed by atoms with Crippen molar-refractivity contribution in [1.29, 1.82) is 0 Å². The highest BCUT2D eigenvalue weighted by atomic mass is 16.5. The zero-order valence-electron chi connectivity index (χ0n) is 19.7. The van der Waals surface area contributed by atoms with Gasteiger partial charge < -0.3 is 24.4 Å². The Bertz CT molecular complexity index is 1040. The number of rotatable bonds is 10. The predicted octanol–water partition coefficient (Wildman–Crippen LogP) is 6.12. The molecule has 0 saturated carbocycles. The summed E-state index contributed by atoms with van der Waals surface area (Å²) in [5, 5.41) is 2.99. The zero-order valence-corrected chi connectivity index (χ0v) is 19.7. The van der Waals surface area contributed by atoms with Crippen molar-refractivity contribution < 1.29 is 19.0 Å². The van der Waals surface area contributed by atoms with Gasteiger partial charge in [0, 0.05) is 24.3 Å². The maximum atomic E-state index is 13.2. The van der Waals surface area contributed by atoms with Crippen LogP contribution in [0.4, 0.5) is 10.5 Å². The topological polar surface area (TPSA) is 60.0 Å². The number of methoxy groups -OCH3 is 2. The number of anilines is 1. The van der Waals surface area contributed by atoms with Crippen molar-refractivity contribution in [3.05, 3.63) is 83.9 Å². The second kappa shape index (κ2) is 11.8. The van der Waals surface area contributed by atoms with E-state index in [4.69, 9.17) is 14.2 Å². The van der Waals surface area contributed by atoms with E-state index in [0.29, 0.717) is 36.1 Å². The standard InChI is InChI=1S/C27H32N2O4/c1-5-20(2)29(27(30)28-23-12-9-13-24(17-23)31-3)18-22-14-15-25(32-4)26(16-22)33-19-21-10-7-6-8-11-21/h6-17,20H,5,18-19H2,1-4H3,(H,28,30). The van der Waals surface area contributed by atoms with Gasteiger partial charge in [-0.3, -0.25) is 0 Å². The first-order valence-corrected chi connectivity index (χ1v) is 11.1. The number of carbonyl (C=O) groups excluding carboxylic acids is 1. The fourth-order valence-electron chi connectivity index (χ4n) is 3.41. The van der Waals surface area contributed by atoms with Gasteiger partial charge in [0.1, 0.15) is 12.4 Å². The minimum absolute atomic E-state index is 0.0476. The molecule has 0 bridgehead atoms. The lowest BCUT2D eigenvalue weighted by Gasteiger charge is -2.29. The van der Waals surface area contributed by atoms with Crippen LogP contribution >= 0.6 is 0 Å². The summed E-state index contributed by atoms with van der Waals surface area (Å²) >= 11 is 0. The Kier molecular flexibility index (Phi) is 8.58. The van der Waals surface area contributed by atoms with Gasteiger partial charge in [-0.25, -0.2) is 4.79 Å². The first-order valence-electron chi connectivity index (χ1n) is 11.1. The molecule has 1 atom stereocenters. The molecule has 6 nitrogen and oxygen atoms in total. The Morgan fingerprint density at radius 2 is 1.70 bits per heavy atom. The van der Waals surface area contributed by atoms with Gasteiger partial charge in [0.25, 0.3) is 0 Å². The Labute approximate surface area is 196 Å². The molecule has 0 spiro atoms. The van der Waals surface area contributed by atoms with Crippen molar-refractivity contribution in [1.82, 2.24) is 4.90 Å². The van der Waals surface area contributed by atoms with Crippen LogP contribution < -0.4 is 19.5 Å². The number of ether oxygens (including phenoxy) is 3. The lowest BCUT2D eigenvalue weighted by atomic mass is 10.1. The normalized spacial score (nSPS) is 11.4. The van der Waals surface area contributed by atoms with Gasteiger partial charge in [-0.1, -0.05) is 49.4 Å². The molecule has 6 heteroatoms. The Hall–Kier alpha value is -3.67. The highest BCUT2D eigenvalue weighted by Crippen LogP contribution is 2.30. The van der Waals surface area contributed by atoms with E-state index in [-0.39, 0.29) is 12.1 Å². The van der Waals surface area contributed by atoms with Crippen LogP contribution in [0.1, 0.15) is 31.4 Å². The Morgan fingerprint density at radius 3 is 2.39 bits per heavy atom. The third kappa shape index (κ3) is 6.65. The number of carbonyl (C=O) groups is 1. The molecule has 0 heterocycles. The Balaban J connectivity index is 1.76. The molecular weight excluding hydrogens is 416 g/mol. The first kappa shape index (κ1) is 24.0. The molecule has 0 aromatic heterocycles. The summed E-state index contributed by atoms with van der Waals surface area (Å²) in [6, 6.07) is 23.0. The van der Waals surface area contributed by atoms with Gasteiger partial charge >= 0.3 is 6.03 Å². The number of nitrogens with one attached hydrogen (secondary N) is 1. The fourth-order valence-corrected chi connectivity index (χ4v) is 3.41. The minimum atomic E-state index is -0.167. The lowest BCUT2D eigenvalue weighted by Crippen LogP contribution is -2.40. The molecule has 0 saturated heterocycles. The number of nitrogens with zero attached hydrogens (tertiary/aromatic N) is 1. The monoisotopic (exact) mass is 448 g/mol. The van der Waals surface area contributed by atoms with Gasteiger partial charge in [-0.05, 0) is 48.7 Å². The van der Waals surface area contributed by atoms with Crippen molar-refractivity contribution in [3.63, 3.8) is 0 Å². The van der Waals surface area contributed by atoms with Crippen molar-refractivity contribution >= 4 is 11.7 Å². The van der Waals surface area contributed by atoms with Crippen LogP contribution in [0.25, 0.3) is 0 Å². The fraction of sp³-hybridized carbons (Fsp3) is 0.296. The van der Waals surface area contributed by atoms with Crippen LogP contribution in [0, 0.1) is 0 Å². The van der Waals surface area contributed by atoms with Gasteiger partial charge in [-0.15, -0.1) is 0 Å². The SMILES string of the molecule is CCC(C)N(Cc1ccc(OC)c(OCc2ccccc2)c1)C(=O)Nc1cccc(OC)c1. The van der Waals surface area contributed by atoms with E-state index in [9.17, 15) is 4.79 Å². The summed E-state index contributed by atoms with van der Waals surface area (Å²) in [5.74, 6) is 2.00. The van der Waals surface area contributed by atoms with E-state index in [2.05, 4.69) is 12.2 Å². The summed E-state index contributed by atoms with van der Waals surface area (Å²) in [5.41, 5.74) is 2.72. The predicted molar refractivity (Wildman–Crippen MR) is 131 cm³/mol. The number of benzene rings is 3. The highest BCUT2D eigenvalue weighted by molar-refractivity contribution is 5.89. The average Bonchev–Trinajstić information content (AvgIpc) is 2.86. The molecule has 174 valence electrons. The second-order valence-corrected chi connectivity index (χ2v) is 7.81. The number of hydrogen-bond donors (Lipinski definition) is 1. The van der Waals surface area contributed by atoms with Crippen LogP contribution in [0.2, 0.25) is 0 Å². The molecule has 0 aliphatic heterocycles. The molecule has 0 radical (unpaired) electrons. The largest absolute Gasteiger partial charge is 0.497 e. The molecule has 33 heavy (non-hydrogen) atoms. The van der Waals surface area contributed by atoms with E-state index in [1.807, 2.05) is 78.6 Å². The van der Waals surface area contributed by atoms with E-state index < -0.39 is 0 Å². The summed E-state index contributed by atoms with van der Waals surface area (Å²) in [7, 11) is 3.23. The summed E-state index contributed by atoms with van der Waals surface area (Å²) in [6.45, 7) is 4.99. The number of amides is 2. The molecule has 3 aromatic carbocycles. The summed E-state index contributed by atoms with van der Waals surface area (Å²) in [6.07, 6.45) is 0.832. The van der Waals surface area contributed by atoms with E-state index in [0.717, 1.165) is 17.5 Å². The van der Waals surface area contributed by atoms with Crippen LogP contribution in [-0.4, -0.2) is 31.2 Å². The van der Waals surface area contributed by atoms with Crippen LogP contribution in [0.5, 0.6) is 17.2 Å². The Morgan fingerprint density at radius 1 is 0.909 bits per heavy atom. The second-order valence-electron chi connectivity index (χ2n) is 7.81. The maximum absolute atomic E-state index is 13.2. The van der Waals surface area contributed by atoms with E-state index in [1.54, 1.807) is 20.3 Å². The smallest absolute Gasteiger partial charge is 0.322 e. The van der Waals surface area contributed by atoms with Crippen molar-refractivity contribution in [3.8, 4) is 17.2 Å². The maximum Gasteiger partial charge on any atom is 0.322 e. The zero-order chi connectivity index (χ0) is 23.6. The van der Waals surface area contributed by atoms with E-state index >= 15 is 0 Å². The van der Waals surface area contributed by atoms with Gasteiger partial charge in [0.05, 0.1) is 14.2 Å². The molecule has 0 fully saturated rings. The minimum Gasteiger partial charge on any atom is -0.497 e. The van der Waals surface area contributed by atoms with Gasteiger partial charge in [0.2, 0.25) is 0 Å². The molecule has 1 unspecified atom stereocenters. The highest BCUT2D eigenvalue weighted by Gasteiger charge is 2.20. The van der Waals surface area contributed by atoms with Crippen LogP contribution in [-0.2, 0) is 13.2 Å². The van der Waals surface area contributed by atoms with Crippen LogP contribution in [0.3, 0.4) is 0 Å². The summed E-state index contributed by atoms with van der Waals surface area (Å²) in [4.78, 5) is 15.0. The molecule has 3 aromatic rings. The molecule has 0 aliphatic carbocycles. The lowest BCUT2D eigenvalue weighted by molar-refractivity contribution is 0.186. The van der Waals surface area contributed by atoms with Crippen molar-refractivity contribution in [2.45, 2.75) is 39.5 Å². The average molecular weight is 449 g/mol. The van der Waals surface area contributed by atoms with Crippen molar-refractivity contribution in [2.75, 3.05) is 19.5 Å². The summed E-state index contributed by atoms with van der Waals surface area (Å²) < 4.78 is 16.8. The molecule has 3 rings (SSSR count). The van der Waals surface area contributed by atoms with Gasteiger partial charge in [0.15, 0.2) is 11.5 Å². The molecule has 0 aliphatic rings. The molecule has 1 N–H and O–H groups in total. The third-order valence-corrected chi connectivity index (χ3v) is 5.52. The van der Waals surface area contributed by atoms with E-state index in [1.165, 1.54) is 0 Å².